The van der Waals surface area contributed by atoms with Crippen LogP contribution in [0.1, 0.15) is 27.9 Å². The molecule has 0 bridgehead atoms. The molecule has 0 N–H and O–H groups in total. The van der Waals surface area contributed by atoms with Crippen molar-refractivity contribution in [2.75, 3.05) is 17.7 Å². The van der Waals surface area contributed by atoms with E-state index in [1.165, 1.54) is 11.1 Å². The molecule has 108 valence electrons. The summed E-state index contributed by atoms with van der Waals surface area (Å²) in [4.78, 5) is 15.9. The van der Waals surface area contributed by atoms with Crippen LogP contribution in [0.4, 0.5) is 5.69 Å². The number of anilines is 1. The van der Waals surface area contributed by atoms with Crippen molar-refractivity contribution < 1.29 is 4.79 Å². The molecule has 0 fully saturated rings. The van der Waals surface area contributed by atoms with E-state index < -0.39 is 0 Å². The summed E-state index contributed by atoms with van der Waals surface area (Å²) < 4.78 is 0. The van der Waals surface area contributed by atoms with Crippen molar-refractivity contribution in [1.29, 1.82) is 0 Å². The van der Waals surface area contributed by atoms with Crippen molar-refractivity contribution in [2.24, 2.45) is 0 Å². The highest BCUT2D eigenvalue weighted by Crippen LogP contribution is 2.31. The van der Waals surface area contributed by atoms with Gasteiger partial charge in [-0.25, -0.2) is 0 Å². The van der Waals surface area contributed by atoms with Gasteiger partial charge in [0.15, 0.2) is 0 Å². The van der Waals surface area contributed by atoms with Gasteiger partial charge in [0.25, 0.3) is 5.91 Å². The highest BCUT2D eigenvalue weighted by molar-refractivity contribution is 7.98. The Morgan fingerprint density at radius 2 is 2.00 bits per heavy atom. The van der Waals surface area contributed by atoms with Gasteiger partial charge in [-0.15, -0.1) is 11.8 Å². The maximum absolute atomic E-state index is 12.9. The lowest BCUT2D eigenvalue weighted by Crippen LogP contribution is -2.35. The van der Waals surface area contributed by atoms with Crippen LogP contribution in [0.3, 0.4) is 0 Å². The van der Waals surface area contributed by atoms with Crippen LogP contribution < -0.4 is 4.90 Å². The maximum Gasteiger partial charge on any atom is 0.259 e. The van der Waals surface area contributed by atoms with Gasteiger partial charge in [0, 0.05) is 17.1 Å². The number of thioether (sulfide) groups is 1. The van der Waals surface area contributed by atoms with E-state index in [1.807, 2.05) is 35.4 Å². The molecule has 2 aromatic carbocycles. The molecule has 0 atom stereocenters. The second kappa shape index (κ2) is 5.94. The highest BCUT2D eigenvalue weighted by atomic mass is 32.2. The summed E-state index contributed by atoms with van der Waals surface area (Å²) in [7, 11) is 0. The first-order valence-corrected chi connectivity index (χ1v) is 8.47. The molecule has 0 saturated heterocycles. The molecule has 0 unspecified atom stereocenters. The van der Waals surface area contributed by atoms with E-state index in [1.54, 1.807) is 11.8 Å². The highest BCUT2D eigenvalue weighted by Gasteiger charge is 2.24. The number of hydrogen-bond donors (Lipinski definition) is 0. The molecule has 2 nitrogen and oxygen atoms in total. The Balaban J connectivity index is 2.00. The Bertz CT molecular complexity index is 681. The van der Waals surface area contributed by atoms with Gasteiger partial charge in [0.05, 0.1) is 5.56 Å². The molecule has 0 aliphatic carbocycles. The number of fused-ring (bicyclic) bond motifs is 1. The molecule has 1 aliphatic heterocycles. The minimum absolute atomic E-state index is 0.116. The van der Waals surface area contributed by atoms with Gasteiger partial charge in [-0.05, 0) is 49.8 Å². The molecular weight excluding hydrogens is 278 g/mol. The fourth-order valence-corrected chi connectivity index (χ4v) is 3.49. The first kappa shape index (κ1) is 14.2. The summed E-state index contributed by atoms with van der Waals surface area (Å²) >= 11 is 1.62. The third kappa shape index (κ3) is 2.70. The van der Waals surface area contributed by atoms with Crippen LogP contribution in [-0.4, -0.2) is 18.7 Å². The van der Waals surface area contributed by atoms with Crippen molar-refractivity contribution in [3.63, 3.8) is 0 Å². The summed E-state index contributed by atoms with van der Waals surface area (Å²) in [6.07, 6.45) is 4.11. The predicted molar refractivity (Wildman–Crippen MR) is 89.4 cm³/mol. The Labute approximate surface area is 130 Å². The minimum Gasteiger partial charge on any atom is -0.308 e. The molecule has 2 aromatic rings. The number of nitrogens with zero attached hydrogens (tertiary/aromatic N) is 1. The summed E-state index contributed by atoms with van der Waals surface area (Å²) in [5.74, 6) is 0.116. The van der Waals surface area contributed by atoms with Gasteiger partial charge < -0.3 is 4.90 Å². The number of rotatable bonds is 2. The van der Waals surface area contributed by atoms with Crippen molar-refractivity contribution in [1.82, 2.24) is 0 Å². The van der Waals surface area contributed by atoms with E-state index in [-0.39, 0.29) is 5.91 Å². The third-order valence-corrected chi connectivity index (χ3v) is 4.73. The first-order valence-electron chi connectivity index (χ1n) is 7.25. The molecule has 0 radical (unpaired) electrons. The average Bonchev–Trinajstić information content (AvgIpc) is 2.53. The van der Waals surface area contributed by atoms with Gasteiger partial charge in [0.1, 0.15) is 0 Å². The van der Waals surface area contributed by atoms with Crippen LogP contribution >= 0.6 is 11.8 Å². The van der Waals surface area contributed by atoms with E-state index >= 15 is 0 Å². The largest absolute Gasteiger partial charge is 0.308 e. The quantitative estimate of drug-likeness (QED) is 0.770. The van der Waals surface area contributed by atoms with E-state index in [4.69, 9.17) is 0 Å². The van der Waals surface area contributed by atoms with E-state index in [9.17, 15) is 4.79 Å². The lowest BCUT2D eigenvalue weighted by molar-refractivity contribution is 0.0982. The number of aryl methyl sites for hydroxylation is 2. The number of amides is 1. The fraction of sp³-hybridized carbons (Fsp3) is 0.278. The van der Waals surface area contributed by atoms with Crippen LogP contribution in [0.25, 0.3) is 0 Å². The van der Waals surface area contributed by atoms with Crippen LogP contribution in [0, 0.1) is 6.92 Å². The smallest absolute Gasteiger partial charge is 0.259 e. The zero-order chi connectivity index (χ0) is 14.8. The van der Waals surface area contributed by atoms with Gasteiger partial charge in [-0.3, -0.25) is 4.79 Å². The number of carbonyl (C=O) groups is 1. The van der Waals surface area contributed by atoms with Crippen molar-refractivity contribution in [3.05, 3.63) is 59.2 Å². The van der Waals surface area contributed by atoms with Gasteiger partial charge >= 0.3 is 0 Å². The maximum atomic E-state index is 12.9. The zero-order valence-electron chi connectivity index (χ0n) is 12.4. The Morgan fingerprint density at radius 1 is 1.19 bits per heavy atom. The van der Waals surface area contributed by atoms with E-state index in [0.29, 0.717) is 0 Å². The van der Waals surface area contributed by atoms with Gasteiger partial charge in [-0.2, -0.15) is 0 Å². The van der Waals surface area contributed by atoms with Gasteiger partial charge in [-0.1, -0.05) is 29.8 Å². The zero-order valence-corrected chi connectivity index (χ0v) is 13.2. The van der Waals surface area contributed by atoms with Gasteiger partial charge in [0.2, 0.25) is 0 Å². The summed E-state index contributed by atoms with van der Waals surface area (Å²) in [6.45, 7) is 2.90. The number of benzene rings is 2. The molecule has 0 aromatic heterocycles. The Kier molecular flexibility index (Phi) is 4.02. The molecule has 1 amide bonds. The molecule has 0 saturated carbocycles. The Hall–Kier alpha value is -1.74. The van der Waals surface area contributed by atoms with Crippen LogP contribution in [0.2, 0.25) is 0 Å². The lowest BCUT2D eigenvalue weighted by Gasteiger charge is -2.30. The molecule has 0 spiro atoms. The normalized spacial score (nSPS) is 13.9. The van der Waals surface area contributed by atoms with Crippen molar-refractivity contribution >= 4 is 23.4 Å². The second-order valence-corrected chi connectivity index (χ2v) is 6.24. The first-order chi connectivity index (χ1) is 10.2. The molecular formula is C18H19NOS. The van der Waals surface area contributed by atoms with Crippen LogP contribution in [0.15, 0.2) is 47.4 Å². The molecule has 3 heteroatoms. The van der Waals surface area contributed by atoms with Crippen molar-refractivity contribution in [2.45, 2.75) is 24.7 Å². The SMILES string of the molecule is CSc1ccccc1C(=O)N1CCCc2cc(C)ccc21. The van der Waals surface area contributed by atoms with Crippen molar-refractivity contribution in [3.8, 4) is 0 Å². The fourth-order valence-electron chi connectivity index (χ4n) is 2.90. The standard InChI is InChI=1S/C18H19NOS/c1-13-9-10-16-14(12-13)6-5-11-19(16)18(20)15-7-3-4-8-17(15)21-2/h3-4,7-10,12H,5-6,11H2,1-2H3. The van der Waals surface area contributed by atoms with E-state index in [2.05, 4.69) is 25.1 Å². The molecule has 21 heavy (non-hydrogen) atoms. The number of hydrogen-bond acceptors (Lipinski definition) is 2. The topological polar surface area (TPSA) is 20.3 Å². The Morgan fingerprint density at radius 3 is 2.81 bits per heavy atom. The lowest BCUT2D eigenvalue weighted by atomic mass is 9.99. The minimum atomic E-state index is 0.116. The molecule has 3 rings (SSSR count). The average molecular weight is 297 g/mol. The predicted octanol–water partition coefficient (Wildman–Crippen LogP) is 4.31. The molecule has 1 heterocycles. The third-order valence-electron chi connectivity index (χ3n) is 3.94. The summed E-state index contributed by atoms with van der Waals surface area (Å²) in [5, 5.41) is 0. The van der Waals surface area contributed by atoms with Crippen LogP contribution in [0.5, 0.6) is 0 Å². The summed E-state index contributed by atoms with van der Waals surface area (Å²) in [6, 6.07) is 14.2. The summed E-state index contributed by atoms with van der Waals surface area (Å²) in [5.41, 5.74) is 4.43. The molecule has 1 aliphatic rings. The number of carbonyl (C=O) groups excluding carboxylic acids is 1. The second-order valence-electron chi connectivity index (χ2n) is 5.39. The van der Waals surface area contributed by atoms with E-state index in [0.717, 1.165) is 35.5 Å². The van der Waals surface area contributed by atoms with Crippen LogP contribution in [-0.2, 0) is 6.42 Å². The monoisotopic (exact) mass is 297 g/mol.